The molecule has 0 fully saturated rings. The van der Waals surface area contributed by atoms with Crippen molar-refractivity contribution in [2.75, 3.05) is 0 Å². The first kappa shape index (κ1) is 9.14. The van der Waals surface area contributed by atoms with E-state index in [4.69, 9.17) is 0 Å². The van der Waals surface area contributed by atoms with Gasteiger partial charge in [0.15, 0.2) is 0 Å². The standard InChI is InChI=1S/C5H9N3.C2H6/c1-3-5-6-4(2)7-8-5;1-2/h3H2,1-2H3,(H,6,7,8);1-2H3. The van der Waals surface area contributed by atoms with Crippen LogP contribution in [-0.4, -0.2) is 15.2 Å². The number of aromatic amines is 1. The second-order valence-electron chi connectivity index (χ2n) is 1.69. The Hall–Kier alpha value is -0.860. The zero-order valence-electron chi connectivity index (χ0n) is 7.10. The van der Waals surface area contributed by atoms with Gasteiger partial charge in [0.1, 0.15) is 11.6 Å². The van der Waals surface area contributed by atoms with E-state index in [1.807, 2.05) is 27.7 Å². The van der Waals surface area contributed by atoms with Gasteiger partial charge in [-0.1, -0.05) is 20.8 Å². The molecule has 3 heteroatoms. The van der Waals surface area contributed by atoms with Crippen LogP contribution in [0.3, 0.4) is 0 Å². The van der Waals surface area contributed by atoms with Gasteiger partial charge < -0.3 is 0 Å². The summed E-state index contributed by atoms with van der Waals surface area (Å²) in [5, 5.41) is 6.66. The van der Waals surface area contributed by atoms with Crippen LogP contribution in [-0.2, 0) is 6.42 Å². The van der Waals surface area contributed by atoms with E-state index < -0.39 is 0 Å². The zero-order chi connectivity index (χ0) is 7.98. The number of hydrogen-bond donors (Lipinski definition) is 1. The number of aryl methyl sites for hydroxylation is 2. The topological polar surface area (TPSA) is 41.6 Å². The van der Waals surface area contributed by atoms with Crippen molar-refractivity contribution in [3.8, 4) is 0 Å². The largest absolute Gasteiger partial charge is 0.263 e. The number of H-pyrrole nitrogens is 1. The molecule has 0 radical (unpaired) electrons. The molecular formula is C7H15N3. The molecule has 1 heterocycles. The van der Waals surface area contributed by atoms with E-state index in [-0.39, 0.29) is 0 Å². The Bertz CT molecular complexity index is 169. The lowest BCUT2D eigenvalue weighted by Gasteiger charge is -1.76. The van der Waals surface area contributed by atoms with Crippen LogP contribution >= 0.6 is 0 Å². The third-order valence-electron chi connectivity index (χ3n) is 0.960. The minimum absolute atomic E-state index is 0.891. The molecule has 0 aliphatic carbocycles. The first-order chi connectivity index (χ1) is 4.83. The minimum Gasteiger partial charge on any atom is -0.263 e. The lowest BCUT2D eigenvalue weighted by atomic mass is 10.5. The molecule has 0 unspecified atom stereocenters. The van der Waals surface area contributed by atoms with Crippen molar-refractivity contribution in [2.45, 2.75) is 34.1 Å². The van der Waals surface area contributed by atoms with Gasteiger partial charge in [-0.25, -0.2) is 4.98 Å². The predicted octanol–water partition coefficient (Wildman–Crippen LogP) is 1.70. The molecule has 0 bridgehead atoms. The van der Waals surface area contributed by atoms with Gasteiger partial charge in [0.05, 0.1) is 0 Å². The lowest BCUT2D eigenvalue weighted by molar-refractivity contribution is 0.945. The van der Waals surface area contributed by atoms with Crippen molar-refractivity contribution in [1.29, 1.82) is 0 Å². The van der Waals surface area contributed by atoms with E-state index in [2.05, 4.69) is 15.2 Å². The molecule has 0 atom stereocenters. The summed E-state index contributed by atoms with van der Waals surface area (Å²) in [6.07, 6.45) is 0.907. The number of rotatable bonds is 1. The molecule has 58 valence electrons. The summed E-state index contributed by atoms with van der Waals surface area (Å²) >= 11 is 0. The quantitative estimate of drug-likeness (QED) is 0.646. The van der Waals surface area contributed by atoms with E-state index in [1.165, 1.54) is 0 Å². The van der Waals surface area contributed by atoms with E-state index >= 15 is 0 Å². The first-order valence-electron chi connectivity index (χ1n) is 3.71. The predicted molar refractivity (Wildman–Crippen MR) is 41.8 cm³/mol. The molecule has 1 rings (SSSR count). The number of nitrogens with one attached hydrogen (secondary N) is 1. The van der Waals surface area contributed by atoms with Gasteiger partial charge in [0.25, 0.3) is 0 Å². The summed E-state index contributed by atoms with van der Waals surface area (Å²) in [4.78, 5) is 4.06. The second kappa shape index (κ2) is 4.97. The maximum Gasteiger partial charge on any atom is 0.150 e. The van der Waals surface area contributed by atoms with Gasteiger partial charge in [0.2, 0.25) is 0 Å². The van der Waals surface area contributed by atoms with Crippen molar-refractivity contribution >= 4 is 0 Å². The molecule has 1 N–H and O–H groups in total. The SMILES string of the molecule is CC.CCc1n[nH]c(C)n1. The molecule has 1 aromatic rings. The van der Waals surface area contributed by atoms with Crippen LogP contribution in [0.15, 0.2) is 0 Å². The summed E-state index contributed by atoms with van der Waals surface area (Å²) in [5.41, 5.74) is 0. The van der Waals surface area contributed by atoms with Crippen LogP contribution in [0.5, 0.6) is 0 Å². The van der Waals surface area contributed by atoms with Crippen LogP contribution in [0.2, 0.25) is 0 Å². The average molecular weight is 141 g/mol. The van der Waals surface area contributed by atoms with Crippen LogP contribution in [0.25, 0.3) is 0 Å². The van der Waals surface area contributed by atoms with E-state index in [0.717, 1.165) is 18.1 Å². The van der Waals surface area contributed by atoms with Crippen LogP contribution in [0.1, 0.15) is 32.4 Å². The van der Waals surface area contributed by atoms with Crippen molar-refractivity contribution in [2.24, 2.45) is 0 Å². The van der Waals surface area contributed by atoms with E-state index in [0.29, 0.717) is 0 Å². The Kier molecular flexibility index (Phi) is 4.54. The number of nitrogens with zero attached hydrogens (tertiary/aromatic N) is 2. The fourth-order valence-corrected chi connectivity index (χ4v) is 0.547. The summed E-state index contributed by atoms with van der Waals surface area (Å²) < 4.78 is 0. The van der Waals surface area contributed by atoms with Crippen LogP contribution < -0.4 is 0 Å². The average Bonchev–Trinajstić information content (AvgIpc) is 2.40. The van der Waals surface area contributed by atoms with Crippen LogP contribution in [0, 0.1) is 6.92 Å². The first-order valence-corrected chi connectivity index (χ1v) is 3.71. The zero-order valence-corrected chi connectivity index (χ0v) is 7.10. The van der Waals surface area contributed by atoms with Crippen molar-refractivity contribution < 1.29 is 0 Å². The Labute approximate surface area is 61.9 Å². The highest BCUT2D eigenvalue weighted by Gasteiger charge is 1.91. The lowest BCUT2D eigenvalue weighted by Crippen LogP contribution is -1.80. The van der Waals surface area contributed by atoms with Gasteiger partial charge in [-0.15, -0.1) is 0 Å². The molecule has 0 aliphatic heterocycles. The highest BCUT2D eigenvalue weighted by molar-refractivity contribution is 4.85. The van der Waals surface area contributed by atoms with Crippen LogP contribution in [0.4, 0.5) is 0 Å². The molecule has 0 saturated carbocycles. The summed E-state index contributed by atoms with van der Waals surface area (Å²) in [5.74, 6) is 1.78. The molecule has 0 aliphatic rings. The smallest absolute Gasteiger partial charge is 0.150 e. The Morgan fingerprint density at radius 1 is 1.40 bits per heavy atom. The van der Waals surface area contributed by atoms with Gasteiger partial charge in [-0.3, -0.25) is 5.10 Å². The Morgan fingerprint density at radius 2 is 2.00 bits per heavy atom. The van der Waals surface area contributed by atoms with E-state index in [9.17, 15) is 0 Å². The fraction of sp³-hybridized carbons (Fsp3) is 0.714. The summed E-state index contributed by atoms with van der Waals surface area (Å²) in [6.45, 7) is 7.93. The van der Waals surface area contributed by atoms with Gasteiger partial charge in [-0.05, 0) is 6.92 Å². The second-order valence-corrected chi connectivity index (χ2v) is 1.69. The monoisotopic (exact) mass is 141 g/mol. The fourth-order valence-electron chi connectivity index (χ4n) is 0.547. The third-order valence-corrected chi connectivity index (χ3v) is 0.960. The maximum absolute atomic E-state index is 4.06. The molecule has 10 heavy (non-hydrogen) atoms. The Balaban J connectivity index is 0.000000371. The third kappa shape index (κ3) is 2.62. The highest BCUT2D eigenvalue weighted by Crippen LogP contribution is 1.88. The summed E-state index contributed by atoms with van der Waals surface area (Å²) in [6, 6.07) is 0. The van der Waals surface area contributed by atoms with Crippen molar-refractivity contribution in [3.63, 3.8) is 0 Å². The maximum atomic E-state index is 4.06. The minimum atomic E-state index is 0.891. The summed E-state index contributed by atoms with van der Waals surface area (Å²) in [7, 11) is 0. The Morgan fingerprint density at radius 3 is 2.20 bits per heavy atom. The number of hydrogen-bond acceptors (Lipinski definition) is 2. The van der Waals surface area contributed by atoms with Gasteiger partial charge >= 0.3 is 0 Å². The van der Waals surface area contributed by atoms with E-state index in [1.54, 1.807) is 0 Å². The molecule has 0 aromatic carbocycles. The molecule has 0 spiro atoms. The molecule has 0 saturated heterocycles. The van der Waals surface area contributed by atoms with Gasteiger partial charge in [0, 0.05) is 6.42 Å². The molecule has 0 amide bonds. The van der Waals surface area contributed by atoms with Crippen molar-refractivity contribution in [3.05, 3.63) is 11.6 Å². The van der Waals surface area contributed by atoms with Crippen molar-refractivity contribution in [1.82, 2.24) is 15.2 Å². The van der Waals surface area contributed by atoms with Gasteiger partial charge in [-0.2, -0.15) is 5.10 Å². The molecule has 3 nitrogen and oxygen atoms in total. The molecular weight excluding hydrogens is 126 g/mol. The highest BCUT2D eigenvalue weighted by atomic mass is 15.2. The normalized spacial score (nSPS) is 8.40. The molecule has 1 aromatic heterocycles. The number of aromatic nitrogens is 3.